The Kier molecular flexibility index (Phi) is 7.35. The van der Waals surface area contributed by atoms with E-state index in [0.717, 1.165) is 12.1 Å². The second-order valence-corrected chi connectivity index (χ2v) is 8.91. The van der Waals surface area contributed by atoms with Gasteiger partial charge in [0.15, 0.2) is 0 Å². The standard InChI is InChI=1S/C27H22F4N4O/c1-26(2,25(36)34-21-10-6-19(15-33)24(12-21)27(29,30)31)16-35(3)22-11-7-18(14-32)23(13-22)17-4-8-20(28)9-5-17/h4-13H,16H2,1-3H3,(H,34,36). The van der Waals surface area contributed by atoms with Crippen LogP contribution in [-0.2, 0) is 11.0 Å². The van der Waals surface area contributed by atoms with Crippen LogP contribution < -0.4 is 10.2 Å². The van der Waals surface area contributed by atoms with E-state index < -0.39 is 34.4 Å². The van der Waals surface area contributed by atoms with Gasteiger partial charge >= 0.3 is 6.18 Å². The Morgan fingerprint density at radius 3 is 2.14 bits per heavy atom. The molecule has 9 heteroatoms. The van der Waals surface area contributed by atoms with Gasteiger partial charge < -0.3 is 10.2 Å². The van der Waals surface area contributed by atoms with E-state index in [4.69, 9.17) is 5.26 Å². The molecule has 0 radical (unpaired) electrons. The number of rotatable bonds is 6. The lowest BCUT2D eigenvalue weighted by Crippen LogP contribution is -2.40. The molecule has 3 rings (SSSR count). The van der Waals surface area contributed by atoms with Gasteiger partial charge in [-0.3, -0.25) is 4.79 Å². The van der Waals surface area contributed by atoms with Gasteiger partial charge in [-0.05, 0) is 67.9 Å². The van der Waals surface area contributed by atoms with Crippen molar-refractivity contribution in [2.75, 3.05) is 23.8 Å². The molecule has 5 nitrogen and oxygen atoms in total. The number of halogens is 4. The number of benzene rings is 3. The third-order valence-electron chi connectivity index (χ3n) is 5.67. The minimum absolute atomic E-state index is 0.0703. The van der Waals surface area contributed by atoms with Crippen molar-refractivity contribution < 1.29 is 22.4 Å². The lowest BCUT2D eigenvalue weighted by Gasteiger charge is -2.31. The highest BCUT2D eigenvalue weighted by molar-refractivity contribution is 5.95. The Morgan fingerprint density at radius 1 is 0.944 bits per heavy atom. The molecular formula is C27H22F4N4O. The largest absolute Gasteiger partial charge is 0.417 e. The highest BCUT2D eigenvalue weighted by Crippen LogP contribution is 2.34. The number of nitrogens with zero attached hydrogens (tertiary/aromatic N) is 3. The lowest BCUT2D eigenvalue weighted by molar-refractivity contribution is -0.137. The monoisotopic (exact) mass is 494 g/mol. The first-order valence-electron chi connectivity index (χ1n) is 10.8. The predicted molar refractivity (Wildman–Crippen MR) is 128 cm³/mol. The molecule has 36 heavy (non-hydrogen) atoms. The van der Waals surface area contributed by atoms with Gasteiger partial charge in [-0.1, -0.05) is 12.1 Å². The molecular weight excluding hydrogens is 472 g/mol. The first kappa shape index (κ1) is 26.2. The summed E-state index contributed by atoms with van der Waals surface area (Å²) < 4.78 is 53.1. The van der Waals surface area contributed by atoms with Crippen LogP contribution in [0.2, 0.25) is 0 Å². The van der Waals surface area contributed by atoms with Gasteiger partial charge in [-0.2, -0.15) is 23.7 Å². The summed E-state index contributed by atoms with van der Waals surface area (Å²) in [5.74, 6) is -0.914. The SMILES string of the molecule is CN(CC(C)(C)C(=O)Nc1ccc(C#N)c(C(F)(F)F)c1)c1ccc(C#N)c(-c2ccc(F)cc2)c1. The van der Waals surface area contributed by atoms with Gasteiger partial charge in [0.25, 0.3) is 0 Å². The molecule has 0 aliphatic carbocycles. The first-order valence-corrected chi connectivity index (χ1v) is 10.8. The number of anilines is 2. The average molecular weight is 494 g/mol. The maximum atomic E-state index is 13.3. The van der Waals surface area contributed by atoms with Crippen LogP contribution in [0.3, 0.4) is 0 Å². The first-order chi connectivity index (χ1) is 16.9. The van der Waals surface area contributed by atoms with Crippen LogP contribution in [-0.4, -0.2) is 19.5 Å². The molecule has 0 fully saturated rings. The van der Waals surface area contributed by atoms with Crippen LogP contribution in [0.15, 0.2) is 60.7 Å². The smallest absolute Gasteiger partial charge is 0.374 e. The van der Waals surface area contributed by atoms with Crippen molar-refractivity contribution in [2.24, 2.45) is 5.41 Å². The van der Waals surface area contributed by atoms with Crippen LogP contribution in [0.1, 0.15) is 30.5 Å². The number of carbonyl (C=O) groups excluding carboxylic acids is 1. The summed E-state index contributed by atoms with van der Waals surface area (Å²) in [6.07, 6.45) is -4.74. The number of nitrogens with one attached hydrogen (secondary N) is 1. The third kappa shape index (κ3) is 5.81. The molecule has 3 aromatic rings. The van der Waals surface area contributed by atoms with E-state index in [9.17, 15) is 27.6 Å². The molecule has 0 bridgehead atoms. The molecule has 0 saturated carbocycles. The van der Waals surface area contributed by atoms with E-state index in [1.807, 2.05) is 0 Å². The highest BCUT2D eigenvalue weighted by Gasteiger charge is 2.35. The fourth-order valence-corrected chi connectivity index (χ4v) is 3.75. The summed E-state index contributed by atoms with van der Waals surface area (Å²) in [5, 5.41) is 20.9. The Bertz CT molecular complexity index is 1370. The zero-order valence-corrected chi connectivity index (χ0v) is 19.7. The number of alkyl halides is 3. The molecule has 0 spiro atoms. The molecule has 184 valence electrons. The number of hydrogen-bond donors (Lipinski definition) is 1. The normalized spacial score (nSPS) is 11.4. The Morgan fingerprint density at radius 2 is 1.56 bits per heavy atom. The fraction of sp³-hybridized carbons (Fsp3) is 0.222. The van der Waals surface area contributed by atoms with Crippen LogP contribution >= 0.6 is 0 Å². The Hall–Kier alpha value is -4.37. The number of carbonyl (C=O) groups is 1. The number of nitriles is 2. The van der Waals surface area contributed by atoms with Crippen LogP contribution in [0, 0.1) is 33.9 Å². The second kappa shape index (κ2) is 10.1. The summed E-state index contributed by atoms with van der Waals surface area (Å²) in [5.41, 5.74) is -0.419. The van der Waals surface area contributed by atoms with Crippen molar-refractivity contribution >= 4 is 17.3 Å². The summed E-state index contributed by atoms with van der Waals surface area (Å²) in [6, 6.07) is 17.5. The van der Waals surface area contributed by atoms with Crippen molar-refractivity contribution in [1.29, 1.82) is 10.5 Å². The summed E-state index contributed by atoms with van der Waals surface area (Å²) >= 11 is 0. The highest BCUT2D eigenvalue weighted by atomic mass is 19.4. The minimum atomic E-state index is -4.74. The van der Waals surface area contributed by atoms with E-state index in [1.54, 1.807) is 56.1 Å². The summed E-state index contributed by atoms with van der Waals surface area (Å²) in [7, 11) is 1.74. The molecule has 1 N–H and O–H groups in total. The van der Waals surface area contributed by atoms with E-state index in [2.05, 4.69) is 11.4 Å². The molecule has 0 saturated heterocycles. The van der Waals surface area contributed by atoms with Gasteiger partial charge in [0.2, 0.25) is 5.91 Å². The van der Waals surface area contributed by atoms with Gasteiger partial charge in [-0.25, -0.2) is 4.39 Å². The number of hydrogen-bond acceptors (Lipinski definition) is 4. The van der Waals surface area contributed by atoms with Gasteiger partial charge in [0.1, 0.15) is 5.82 Å². The molecule has 1 amide bonds. The van der Waals surface area contributed by atoms with E-state index >= 15 is 0 Å². The zero-order chi connectivity index (χ0) is 26.7. The maximum Gasteiger partial charge on any atom is 0.417 e. The third-order valence-corrected chi connectivity index (χ3v) is 5.67. The van der Waals surface area contributed by atoms with Crippen LogP contribution in [0.4, 0.5) is 28.9 Å². The quantitative estimate of drug-likeness (QED) is 0.405. The lowest BCUT2D eigenvalue weighted by atomic mass is 9.90. The van der Waals surface area contributed by atoms with E-state index in [-0.39, 0.29) is 12.2 Å². The minimum Gasteiger partial charge on any atom is -0.374 e. The molecule has 0 atom stereocenters. The predicted octanol–water partition coefficient (Wildman–Crippen LogP) is 6.36. The van der Waals surface area contributed by atoms with Gasteiger partial charge in [0.05, 0.1) is 34.2 Å². The molecule has 0 aliphatic rings. The molecule has 0 aromatic heterocycles. The molecule has 3 aromatic carbocycles. The van der Waals surface area contributed by atoms with Crippen LogP contribution in [0.25, 0.3) is 11.1 Å². The van der Waals surface area contributed by atoms with Gasteiger partial charge in [0, 0.05) is 30.5 Å². The second-order valence-electron chi connectivity index (χ2n) is 8.91. The fourth-order valence-electron chi connectivity index (χ4n) is 3.75. The van der Waals surface area contributed by atoms with Crippen molar-refractivity contribution in [3.63, 3.8) is 0 Å². The zero-order valence-electron chi connectivity index (χ0n) is 19.7. The van der Waals surface area contributed by atoms with Gasteiger partial charge in [-0.15, -0.1) is 0 Å². The maximum absolute atomic E-state index is 13.3. The molecule has 0 heterocycles. The van der Waals surface area contributed by atoms with Crippen molar-refractivity contribution in [3.05, 3.63) is 83.2 Å². The average Bonchev–Trinajstić information content (AvgIpc) is 2.83. The summed E-state index contributed by atoms with van der Waals surface area (Å²) in [4.78, 5) is 14.8. The van der Waals surface area contributed by atoms with Crippen molar-refractivity contribution in [2.45, 2.75) is 20.0 Å². The Balaban J connectivity index is 1.82. The van der Waals surface area contributed by atoms with Crippen molar-refractivity contribution in [3.8, 4) is 23.3 Å². The van der Waals surface area contributed by atoms with E-state index in [1.165, 1.54) is 24.3 Å². The van der Waals surface area contributed by atoms with Crippen molar-refractivity contribution in [1.82, 2.24) is 0 Å². The topological polar surface area (TPSA) is 79.9 Å². The number of amides is 1. The van der Waals surface area contributed by atoms with E-state index in [0.29, 0.717) is 22.4 Å². The van der Waals surface area contributed by atoms with Crippen LogP contribution in [0.5, 0.6) is 0 Å². The molecule has 0 unspecified atom stereocenters. The summed E-state index contributed by atoms with van der Waals surface area (Å²) in [6.45, 7) is 3.49. The Labute approximate surface area is 206 Å². The molecule has 0 aliphatic heterocycles.